The van der Waals surface area contributed by atoms with Crippen LogP contribution < -0.4 is 0 Å². The van der Waals surface area contributed by atoms with Crippen LogP contribution in [0, 0.1) is 0 Å². The summed E-state index contributed by atoms with van der Waals surface area (Å²) < 4.78 is 0. The molecule has 1 saturated heterocycles. The summed E-state index contributed by atoms with van der Waals surface area (Å²) in [7, 11) is 2.27. The van der Waals surface area contributed by atoms with Crippen molar-refractivity contribution in [2.75, 3.05) is 7.05 Å². The summed E-state index contributed by atoms with van der Waals surface area (Å²) in [5.74, 6) is 0. The van der Waals surface area contributed by atoms with Crippen LogP contribution in [-0.2, 0) is 6.42 Å². The number of rotatable bonds is 0. The van der Waals surface area contributed by atoms with Crippen molar-refractivity contribution < 1.29 is 0 Å². The summed E-state index contributed by atoms with van der Waals surface area (Å²) in [6.07, 6.45) is 5.29. The van der Waals surface area contributed by atoms with E-state index in [9.17, 15) is 0 Å². The zero-order chi connectivity index (χ0) is 8.84. The largest absolute Gasteiger partial charge is 0.295 e. The Morgan fingerprint density at radius 2 is 2.46 bits per heavy atom. The standard InChI is InChI=1S/C10H14N2S/c1-12-7-3-2-4-9(12)10-8(5-7)11-6-13-10/h6-7,9H,2-5H2,1H3. The molecule has 0 spiro atoms. The maximum absolute atomic E-state index is 4.47. The third-order valence-corrected chi connectivity index (χ3v) is 4.46. The van der Waals surface area contributed by atoms with Crippen molar-refractivity contribution in [3.05, 3.63) is 16.1 Å². The lowest BCUT2D eigenvalue weighted by Crippen LogP contribution is -2.43. The number of thiazole rings is 1. The van der Waals surface area contributed by atoms with Gasteiger partial charge in [-0.25, -0.2) is 4.98 Å². The van der Waals surface area contributed by atoms with E-state index in [2.05, 4.69) is 16.9 Å². The molecule has 3 rings (SSSR count). The Hall–Kier alpha value is -0.410. The van der Waals surface area contributed by atoms with Crippen LogP contribution in [0.1, 0.15) is 35.9 Å². The van der Waals surface area contributed by atoms with Gasteiger partial charge in [0.25, 0.3) is 0 Å². The van der Waals surface area contributed by atoms with E-state index >= 15 is 0 Å². The molecule has 0 aromatic carbocycles. The minimum Gasteiger partial charge on any atom is -0.295 e. The van der Waals surface area contributed by atoms with Crippen LogP contribution in [0.3, 0.4) is 0 Å². The second-order valence-corrected chi connectivity index (χ2v) is 5.02. The van der Waals surface area contributed by atoms with E-state index in [4.69, 9.17) is 0 Å². The molecule has 0 aliphatic carbocycles. The molecule has 3 heteroatoms. The average molecular weight is 194 g/mol. The molecule has 70 valence electrons. The van der Waals surface area contributed by atoms with Crippen LogP contribution >= 0.6 is 11.3 Å². The highest BCUT2D eigenvalue weighted by Crippen LogP contribution is 2.41. The monoisotopic (exact) mass is 194 g/mol. The van der Waals surface area contributed by atoms with Crippen molar-refractivity contribution >= 4 is 11.3 Å². The zero-order valence-corrected chi connectivity index (χ0v) is 8.68. The van der Waals surface area contributed by atoms with Gasteiger partial charge >= 0.3 is 0 Å². The van der Waals surface area contributed by atoms with E-state index in [1.807, 2.05) is 16.8 Å². The first-order chi connectivity index (χ1) is 6.36. The molecular weight excluding hydrogens is 180 g/mol. The third-order valence-electron chi connectivity index (χ3n) is 3.49. The molecular formula is C10H14N2S. The van der Waals surface area contributed by atoms with Crippen molar-refractivity contribution in [1.29, 1.82) is 0 Å². The number of nitrogens with zero attached hydrogens (tertiary/aromatic N) is 2. The summed E-state index contributed by atoms with van der Waals surface area (Å²) in [5, 5.41) is 0. The second kappa shape index (κ2) is 2.79. The number of aromatic nitrogens is 1. The topological polar surface area (TPSA) is 16.1 Å². The molecule has 0 radical (unpaired) electrons. The van der Waals surface area contributed by atoms with Crippen molar-refractivity contribution in [3.63, 3.8) is 0 Å². The van der Waals surface area contributed by atoms with Gasteiger partial charge in [0.15, 0.2) is 0 Å². The molecule has 2 bridgehead atoms. The maximum atomic E-state index is 4.47. The van der Waals surface area contributed by atoms with Crippen LogP contribution in [0.25, 0.3) is 0 Å². The highest BCUT2D eigenvalue weighted by molar-refractivity contribution is 7.09. The molecule has 13 heavy (non-hydrogen) atoms. The van der Waals surface area contributed by atoms with Crippen molar-refractivity contribution in [1.82, 2.24) is 9.88 Å². The fraction of sp³-hybridized carbons (Fsp3) is 0.700. The maximum Gasteiger partial charge on any atom is 0.0798 e. The normalized spacial score (nSPS) is 33.0. The number of hydrogen-bond donors (Lipinski definition) is 0. The molecule has 2 unspecified atom stereocenters. The van der Waals surface area contributed by atoms with Crippen molar-refractivity contribution in [2.45, 2.75) is 37.8 Å². The summed E-state index contributed by atoms with van der Waals surface area (Å²) >= 11 is 1.84. The predicted molar refractivity (Wildman–Crippen MR) is 54.0 cm³/mol. The van der Waals surface area contributed by atoms with Gasteiger partial charge in [0.2, 0.25) is 0 Å². The molecule has 2 nitrogen and oxygen atoms in total. The first-order valence-corrected chi connectivity index (χ1v) is 5.88. The SMILES string of the molecule is CN1C2CCCC1c1scnc1C2. The fourth-order valence-electron chi connectivity index (χ4n) is 2.70. The average Bonchev–Trinajstić information content (AvgIpc) is 2.52. The van der Waals surface area contributed by atoms with Crippen LogP contribution in [0.4, 0.5) is 0 Å². The molecule has 1 fully saturated rings. The second-order valence-electron chi connectivity index (χ2n) is 4.13. The lowest BCUT2D eigenvalue weighted by atomic mass is 9.87. The van der Waals surface area contributed by atoms with Gasteiger partial charge in [-0.05, 0) is 26.3 Å². The van der Waals surface area contributed by atoms with Gasteiger partial charge in [-0.2, -0.15) is 0 Å². The number of piperidine rings is 1. The lowest BCUT2D eigenvalue weighted by molar-refractivity contribution is 0.102. The summed E-state index contributed by atoms with van der Waals surface area (Å²) in [4.78, 5) is 8.57. The van der Waals surface area contributed by atoms with E-state index in [1.165, 1.54) is 31.4 Å². The quantitative estimate of drug-likeness (QED) is 0.629. The van der Waals surface area contributed by atoms with E-state index in [-0.39, 0.29) is 0 Å². The number of hydrogen-bond acceptors (Lipinski definition) is 3. The van der Waals surface area contributed by atoms with Crippen LogP contribution in [0.2, 0.25) is 0 Å². The van der Waals surface area contributed by atoms with E-state index in [1.54, 1.807) is 4.88 Å². The van der Waals surface area contributed by atoms with Gasteiger partial charge in [-0.15, -0.1) is 11.3 Å². The van der Waals surface area contributed by atoms with E-state index in [0.29, 0.717) is 6.04 Å². The molecule has 1 aromatic rings. The predicted octanol–water partition coefficient (Wildman–Crippen LogP) is 2.22. The van der Waals surface area contributed by atoms with E-state index < -0.39 is 0 Å². The summed E-state index contributed by atoms with van der Waals surface area (Å²) in [6, 6.07) is 1.46. The molecule has 3 heterocycles. The van der Waals surface area contributed by atoms with E-state index in [0.717, 1.165) is 6.04 Å². The van der Waals surface area contributed by atoms with Crippen molar-refractivity contribution in [2.24, 2.45) is 0 Å². The fourth-order valence-corrected chi connectivity index (χ4v) is 3.70. The molecule has 2 aliphatic rings. The highest BCUT2D eigenvalue weighted by atomic mass is 32.1. The first kappa shape index (κ1) is 7.94. The highest BCUT2D eigenvalue weighted by Gasteiger charge is 2.36. The Morgan fingerprint density at radius 1 is 1.54 bits per heavy atom. The van der Waals surface area contributed by atoms with Crippen molar-refractivity contribution in [3.8, 4) is 0 Å². The third kappa shape index (κ3) is 1.07. The lowest BCUT2D eigenvalue weighted by Gasteiger charge is -2.42. The van der Waals surface area contributed by atoms with Crippen LogP contribution in [0.5, 0.6) is 0 Å². The zero-order valence-electron chi connectivity index (χ0n) is 7.86. The number of fused-ring (bicyclic) bond motifs is 4. The van der Waals surface area contributed by atoms with Gasteiger partial charge in [-0.3, -0.25) is 4.90 Å². The molecule has 0 N–H and O–H groups in total. The van der Waals surface area contributed by atoms with Gasteiger partial charge in [0.1, 0.15) is 0 Å². The molecule has 2 aliphatic heterocycles. The van der Waals surface area contributed by atoms with Crippen LogP contribution in [-0.4, -0.2) is 23.0 Å². The van der Waals surface area contributed by atoms with Gasteiger partial charge < -0.3 is 0 Å². The van der Waals surface area contributed by atoms with Crippen LogP contribution in [0.15, 0.2) is 5.51 Å². The molecule has 0 amide bonds. The molecule has 1 aromatic heterocycles. The summed E-state index contributed by atoms with van der Waals surface area (Å²) in [5.41, 5.74) is 3.40. The van der Waals surface area contributed by atoms with Gasteiger partial charge in [0, 0.05) is 23.4 Å². The Bertz CT molecular complexity index is 320. The van der Waals surface area contributed by atoms with Gasteiger partial charge in [0.05, 0.1) is 11.2 Å². The first-order valence-electron chi connectivity index (χ1n) is 5.00. The smallest absolute Gasteiger partial charge is 0.0798 e. The molecule has 0 saturated carbocycles. The van der Waals surface area contributed by atoms with Gasteiger partial charge in [-0.1, -0.05) is 0 Å². The Morgan fingerprint density at radius 3 is 3.38 bits per heavy atom. The Kier molecular flexibility index (Phi) is 1.70. The minimum atomic E-state index is 0.690. The Labute approximate surface area is 82.6 Å². The minimum absolute atomic E-state index is 0.690. The Balaban J connectivity index is 2.07. The number of likely N-dealkylation sites (N-methyl/N-ethyl adjacent to an activating group) is 1. The summed E-state index contributed by atoms with van der Waals surface area (Å²) in [6.45, 7) is 0. The molecule has 2 atom stereocenters.